The molecule has 0 saturated carbocycles. The molecule has 0 unspecified atom stereocenters. The summed E-state index contributed by atoms with van der Waals surface area (Å²) in [7, 11) is 0. The van der Waals surface area contributed by atoms with E-state index in [0.29, 0.717) is 56.2 Å². The number of rotatable bonds is 4. The SMILES string of the molecule is Cc1nc2n(n1)CC(=O)NCCCN(C(=O)c1ccccn1)CCCC(=O)N[C@H](Cc1ccccc1)C(=O)N[C@H]2C(C)C. The maximum absolute atomic E-state index is 13.7. The average molecular weight is 589 g/mol. The molecule has 0 saturated heterocycles. The zero-order valence-electron chi connectivity index (χ0n) is 25.0. The summed E-state index contributed by atoms with van der Waals surface area (Å²) in [5.74, 6) is -0.269. The van der Waals surface area contributed by atoms with E-state index >= 15 is 0 Å². The van der Waals surface area contributed by atoms with Gasteiger partial charge in [0.2, 0.25) is 17.7 Å². The van der Waals surface area contributed by atoms with Gasteiger partial charge in [-0.25, -0.2) is 9.67 Å². The lowest BCUT2D eigenvalue weighted by molar-refractivity contribution is -0.129. The highest BCUT2D eigenvalue weighted by Gasteiger charge is 2.30. The molecule has 1 aromatic carbocycles. The summed E-state index contributed by atoms with van der Waals surface area (Å²) in [5, 5.41) is 13.3. The summed E-state index contributed by atoms with van der Waals surface area (Å²) in [6, 6.07) is 13.2. The molecular formula is C31H40N8O4. The van der Waals surface area contributed by atoms with Gasteiger partial charge in [0.15, 0.2) is 5.82 Å². The molecule has 0 spiro atoms. The minimum absolute atomic E-state index is 0.0734. The number of aryl methyl sites for hydroxylation is 1. The smallest absolute Gasteiger partial charge is 0.272 e. The maximum Gasteiger partial charge on any atom is 0.272 e. The third-order valence-corrected chi connectivity index (χ3v) is 7.21. The van der Waals surface area contributed by atoms with Gasteiger partial charge in [0.1, 0.15) is 24.1 Å². The molecule has 0 fully saturated rings. The standard InChI is InChI=1S/C31H40N8O4/c1-21(2)28-29-34-22(3)37-39(29)20-27(41)33-16-10-18-38(31(43)24-13-7-8-15-32-24)17-9-14-26(40)35-25(30(42)36-28)19-23-11-5-4-6-12-23/h4-8,11-13,15,21,25,28H,9-10,14,16-20H2,1-3H3,(H,33,41)(H,35,40)(H,36,42)/t25-,28+/m1/s1. The van der Waals surface area contributed by atoms with Crippen molar-refractivity contribution < 1.29 is 19.2 Å². The summed E-state index contributed by atoms with van der Waals surface area (Å²) in [5.41, 5.74) is 1.21. The first kappa shape index (κ1) is 31.3. The van der Waals surface area contributed by atoms with E-state index in [9.17, 15) is 19.2 Å². The van der Waals surface area contributed by atoms with E-state index < -0.39 is 12.1 Å². The van der Waals surface area contributed by atoms with Crippen LogP contribution in [0.4, 0.5) is 0 Å². The van der Waals surface area contributed by atoms with Crippen LogP contribution in [0, 0.1) is 12.8 Å². The third-order valence-electron chi connectivity index (χ3n) is 7.21. The molecule has 12 heteroatoms. The third kappa shape index (κ3) is 8.94. The van der Waals surface area contributed by atoms with E-state index in [0.717, 1.165) is 5.56 Å². The van der Waals surface area contributed by atoms with Gasteiger partial charge in [0, 0.05) is 38.7 Å². The number of amides is 4. The first-order valence-corrected chi connectivity index (χ1v) is 14.7. The van der Waals surface area contributed by atoms with E-state index in [-0.39, 0.29) is 42.5 Å². The van der Waals surface area contributed by atoms with Gasteiger partial charge in [-0.2, -0.15) is 5.10 Å². The molecule has 2 atom stereocenters. The van der Waals surface area contributed by atoms with Crippen LogP contribution in [-0.2, 0) is 27.3 Å². The number of nitrogens with zero attached hydrogens (tertiary/aromatic N) is 5. The average Bonchev–Trinajstić information content (AvgIpc) is 3.35. The van der Waals surface area contributed by atoms with Gasteiger partial charge < -0.3 is 20.9 Å². The molecule has 4 amide bonds. The zero-order chi connectivity index (χ0) is 30.8. The van der Waals surface area contributed by atoms with Crippen LogP contribution < -0.4 is 16.0 Å². The maximum atomic E-state index is 13.7. The molecule has 4 rings (SSSR count). The fourth-order valence-corrected chi connectivity index (χ4v) is 5.01. The molecule has 0 aliphatic carbocycles. The Labute approximate surface area is 251 Å². The number of fused-ring (bicyclic) bond motifs is 1. The van der Waals surface area contributed by atoms with Crippen LogP contribution in [0.3, 0.4) is 0 Å². The molecular weight excluding hydrogens is 548 g/mol. The second-order valence-electron chi connectivity index (χ2n) is 11.0. The Morgan fingerprint density at radius 2 is 1.72 bits per heavy atom. The Bertz CT molecular complexity index is 1390. The van der Waals surface area contributed by atoms with E-state index in [1.54, 1.807) is 36.2 Å². The molecule has 0 bridgehead atoms. The summed E-state index contributed by atoms with van der Waals surface area (Å²) in [4.78, 5) is 63.3. The molecule has 1 aliphatic heterocycles. The van der Waals surface area contributed by atoms with Crippen molar-refractivity contribution in [3.63, 3.8) is 0 Å². The van der Waals surface area contributed by atoms with E-state index in [1.807, 2.05) is 44.2 Å². The predicted molar refractivity (Wildman–Crippen MR) is 160 cm³/mol. The van der Waals surface area contributed by atoms with Gasteiger partial charge in [-0.1, -0.05) is 50.2 Å². The minimum Gasteiger partial charge on any atom is -0.354 e. The van der Waals surface area contributed by atoms with E-state index in [1.165, 1.54) is 4.68 Å². The molecule has 3 heterocycles. The lowest BCUT2D eigenvalue weighted by Crippen LogP contribution is -2.50. The lowest BCUT2D eigenvalue weighted by atomic mass is 10.0. The van der Waals surface area contributed by atoms with Gasteiger partial charge in [-0.3, -0.25) is 24.2 Å². The van der Waals surface area contributed by atoms with E-state index in [4.69, 9.17) is 0 Å². The summed E-state index contributed by atoms with van der Waals surface area (Å²) in [6.07, 6.45) is 2.89. The summed E-state index contributed by atoms with van der Waals surface area (Å²) < 4.78 is 1.51. The number of pyridine rings is 1. The number of benzene rings is 1. The van der Waals surface area contributed by atoms with Crippen molar-refractivity contribution in [2.24, 2.45) is 5.92 Å². The van der Waals surface area contributed by atoms with Gasteiger partial charge in [-0.15, -0.1) is 0 Å². The van der Waals surface area contributed by atoms with E-state index in [2.05, 4.69) is 31.0 Å². The van der Waals surface area contributed by atoms with Crippen molar-refractivity contribution in [3.05, 3.63) is 77.6 Å². The lowest BCUT2D eigenvalue weighted by Gasteiger charge is -2.26. The van der Waals surface area contributed by atoms with Crippen LogP contribution in [0.1, 0.15) is 66.9 Å². The Kier molecular flexibility index (Phi) is 11.0. The fourth-order valence-electron chi connectivity index (χ4n) is 5.01. The van der Waals surface area contributed by atoms with Crippen molar-refractivity contribution in [2.75, 3.05) is 19.6 Å². The molecule has 3 aromatic rings. The van der Waals surface area contributed by atoms with Crippen molar-refractivity contribution in [1.29, 1.82) is 0 Å². The van der Waals surface area contributed by atoms with Gasteiger partial charge in [0.05, 0.1) is 6.04 Å². The minimum atomic E-state index is -0.845. The second kappa shape index (κ2) is 15.0. The van der Waals surface area contributed by atoms with Crippen LogP contribution in [0.15, 0.2) is 54.7 Å². The first-order valence-electron chi connectivity index (χ1n) is 14.7. The summed E-state index contributed by atoms with van der Waals surface area (Å²) >= 11 is 0. The number of nitrogens with one attached hydrogen (secondary N) is 3. The van der Waals surface area contributed by atoms with Gasteiger partial charge in [-0.05, 0) is 43.4 Å². The normalized spacial score (nSPS) is 19.4. The topological polar surface area (TPSA) is 151 Å². The summed E-state index contributed by atoms with van der Waals surface area (Å²) in [6.45, 7) is 6.61. The largest absolute Gasteiger partial charge is 0.354 e. The van der Waals surface area contributed by atoms with Gasteiger partial charge >= 0.3 is 0 Å². The van der Waals surface area contributed by atoms with Crippen LogP contribution >= 0.6 is 0 Å². The van der Waals surface area contributed by atoms with Crippen molar-refractivity contribution in [2.45, 2.75) is 65.1 Å². The molecule has 12 nitrogen and oxygen atoms in total. The van der Waals surface area contributed by atoms with Crippen LogP contribution in [0.2, 0.25) is 0 Å². The molecule has 228 valence electrons. The molecule has 43 heavy (non-hydrogen) atoms. The zero-order valence-corrected chi connectivity index (χ0v) is 25.0. The monoisotopic (exact) mass is 588 g/mol. The first-order chi connectivity index (χ1) is 20.7. The number of hydrogen-bond acceptors (Lipinski definition) is 7. The quantitative estimate of drug-likeness (QED) is 0.422. The van der Waals surface area contributed by atoms with Crippen molar-refractivity contribution >= 4 is 23.6 Å². The highest BCUT2D eigenvalue weighted by Crippen LogP contribution is 2.21. The number of carbonyl (C=O) groups is 4. The van der Waals surface area contributed by atoms with Gasteiger partial charge in [0.25, 0.3) is 5.91 Å². The fraction of sp³-hybridized carbons (Fsp3) is 0.452. The van der Waals surface area contributed by atoms with Crippen LogP contribution in [0.25, 0.3) is 0 Å². The van der Waals surface area contributed by atoms with Crippen LogP contribution in [-0.4, -0.2) is 74.0 Å². The Hall–Kier alpha value is -4.61. The highest BCUT2D eigenvalue weighted by atomic mass is 16.2. The molecule has 1 aliphatic rings. The Morgan fingerprint density at radius 3 is 2.44 bits per heavy atom. The molecule has 0 radical (unpaired) electrons. The van der Waals surface area contributed by atoms with Crippen molar-refractivity contribution in [1.82, 2.24) is 40.6 Å². The molecule has 2 aromatic heterocycles. The second-order valence-corrected chi connectivity index (χ2v) is 11.0. The Balaban J connectivity index is 1.60. The number of aromatic nitrogens is 4. The highest BCUT2D eigenvalue weighted by molar-refractivity contribution is 5.92. The van der Waals surface area contributed by atoms with Crippen LogP contribution in [0.5, 0.6) is 0 Å². The van der Waals surface area contributed by atoms with Crippen molar-refractivity contribution in [3.8, 4) is 0 Å². The number of hydrogen-bond donors (Lipinski definition) is 3. The predicted octanol–water partition coefficient (Wildman–Crippen LogP) is 1.96. The number of carbonyl (C=O) groups excluding carboxylic acids is 4. The molecule has 3 N–H and O–H groups in total. The Morgan fingerprint density at radius 1 is 0.977 bits per heavy atom.